The molecule has 0 spiro atoms. The summed E-state index contributed by atoms with van der Waals surface area (Å²) >= 11 is 5.88. The summed E-state index contributed by atoms with van der Waals surface area (Å²) in [6, 6.07) is 10.2. The van der Waals surface area contributed by atoms with E-state index in [2.05, 4.69) is 38.2 Å². The molecule has 0 aromatic heterocycles. The van der Waals surface area contributed by atoms with Crippen molar-refractivity contribution in [3.63, 3.8) is 0 Å². The number of hydrogen-bond donors (Lipinski definition) is 1. The second kappa shape index (κ2) is 5.77. The lowest BCUT2D eigenvalue weighted by molar-refractivity contribution is -0.125. The Kier molecular flexibility index (Phi) is 4.43. The molecular formula is C17H24ClNO. The fourth-order valence-corrected chi connectivity index (χ4v) is 2.87. The summed E-state index contributed by atoms with van der Waals surface area (Å²) in [5.74, 6) is 0.731. The van der Waals surface area contributed by atoms with E-state index in [0.29, 0.717) is 5.88 Å². The first-order valence-electron chi connectivity index (χ1n) is 7.32. The standard InChI is InChI=1S/C17H24ClNO/c1-16(2,3)14(9-12-18)19-15(20)17(10-11-17)13-7-5-4-6-8-13/h4-8,14H,9-12H2,1-3H3,(H,19,20). The lowest BCUT2D eigenvalue weighted by atomic mass is 9.84. The maximum atomic E-state index is 12.7. The lowest BCUT2D eigenvalue weighted by Crippen LogP contribution is -2.47. The molecule has 1 aliphatic rings. The number of carbonyl (C=O) groups excluding carboxylic acids is 1. The van der Waals surface area contributed by atoms with E-state index in [1.165, 1.54) is 0 Å². The van der Waals surface area contributed by atoms with Crippen LogP contribution in [0.3, 0.4) is 0 Å². The van der Waals surface area contributed by atoms with Crippen LogP contribution in [-0.4, -0.2) is 17.8 Å². The van der Waals surface area contributed by atoms with Crippen molar-refractivity contribution >= 4 is 17.5 Å². The molecule has 1 N–H and O–H groups in total. The van der Waals surface area contributed by atoms with Gasteiger partial charge in [0, 0.05) is 11.9 Å². The van der Waals surface area contributed by atoms with Crippen molar-refractivity contribution in [3.8, 4) is 0 Å². The van der Waals surface area contributed by atoms with Crippen molar-refractivity contribution in [3.05, 3.63) is 35.9 Å². The summed E-state index contributed by atoms with van der Waals surface area (Å²) in [5.41, 5.74) is 0.866. The predicted molar refractivity (Wildman–Crippen MR) is 84.1 cm³/mol. The minimum atomic E-state index is -0.295. The smallest absolute Gasteiger partial charge is 0.230 e. The Morgan fingerprint density at radius 2 is 1.90 bits per heavy atom. The van der Waals surface area contributed by atoms with E-state index in [9.17, 15) is 4.79 Å². The van der Waals surface area contributed by atoms with Crippen LogP contribution in [0, 0.1) is 5.41 Å². The number of amides is 1. The molecule has 1 aliphatic carbocycles. The van der Waals surface area contributed by atoms with Gasteiger partial charge in [0.05, 0.1) is 5.41 Å². The van der Waals surface area contributed by atoms with E-state index in [4.69, 9.17) is 11.6 Å². The Morgan fingerprint density at radius 1 is 1.30 bits per heavy atom. The number of halogens is 1. The quantitative estimate of drug-likeness (QED) is 0.820. The summed E-state index contributed by atoms with van der Waals surface area (Å²) in [6.45, 7) is 6.44. The van der Waals surface area contributed by atoms with Crippen molar-refractivity contribution in [2.75, 3.05) is 5.88 Å². The molecule has 1 unspecified atom stereocenters. The molecule has 110 valence electrons. The van der Waals surface area contributed by atoms with Crippen LogP contribution in [0.2, 0.25) is 0 Å². The highest BCUT2D eigenvalue weighted by molar-refractivity contribution is 6.17. The molecule has 0 saturated heterocycles. The Bertz CT molecular complexity index is 460. The fourth-order valence-electron chi connectivity index (χ4n) is 2.66. The van der Waals surface area contributed by atoms with Gasteiger partial charge in [-0.25, -0.2) is 0 Å². The summed E-state index contributed by atoms with van der Waals surface area (Å²) in [6.07, 6.45) is 2.70. The summed E-state index contributed by atoms with van der Waals surface area (Å²) in [4.78, 5) is 12.7. The highest BCUT2D eigenvalue weighted by Crippen LogP contribution is 2.48. The van der Waals surface area contributed by atoms with E-state index in [1.54, 1.807) is 0 Å². The second-order valence-corrected chi connectivity index (χ2v) is 7.20. The fraction of sp³-hybridized carbons (Fsp3) is 0.588. The molecule has 0 bridgehead atoms. The largest absolute Gasteiger partial charge is 0.352 e. The molecule has 1 saturated carbocycles. The van der Waals surface area contributed by atoms with Crippen molar-refractivity contribution in [2.24, 2.45) is 5.41 Å². The molecule has 1 atom stereocenters. The molecule has 1 amide bonds. The molecule has 1 fully saturated rings. The Hall–Kier alpha value is -1.02. The molecule has 1 aromatic carbocycles. The van der Waals surface area contributed by atoms with Gasteiger partial charge in [-0.2, -0.15) is 0 Å². The minimum Gasteiger partial charge on any atom is -0.352 e. The van der Waals surface area contributed by atoms with Gasteiger partial charge < -0.3 is 5.32 Å². The van der Waals surface area contributed by atoms with Crippen LogP contribution < -0.4 is 5.32 Å². The predicted octanol–water partition coefficient (Wildman–Crippen LogP) is 3.88. The Balaban J connectivity index is 2.12. The van der Waals surface area contributed by atoms with Crippen molar-refractivity contribution in [2.45, 2.75) is 51.5 Å². The van der Waals surface area contributed by atoms with Gasteiger partial charge in [-0.15, -0.1) is 11.6 Å². The average Bonchev–Trinajstić information content (AvgIpc) is 3.19. The topological polar surface area (TPSA) is 29.1 Å². The maximum absolute atomic E-state index is 12.7. The van der Waals surface area contributed by atoms with Crippen LogP contribution in [0.15, 0.2) is 30.3 Å². The number of nitrogens with one attached hydrogen (secondary N) is 1. The summed E-state index contributed by atoms with van der Waals surface area (Å²) in [5, 5.41) is 3.24. The van der Waals surface area contributed by atoms with E-state index in [-0.39, 0.29) is 22.8 Å². The van der Waals surface area contributed by atoms with Crippen LogP contribution >= 0.6 is 11.6 Å². The van der Waals surface area contributed by atoms with Gasteiger partial charge >= 0.3 is 0 Å². The molecule has 3 heteroatoms. The number of carbonyl (C=O) groups is 1. The third kappa shape index (κ3) is 3.17. The van der Waals surface area contributed by atoms with Crippen LogP contribution in [-0.2, 0) is 10.2 Å². The van der Waals surface area contributed by atoms with Gasteiger partial charge in [0.15, 0.2) is 0 Å². The summed E-state index contributed by atoms with van der Waals surface area (Å²) in [7, 11) is 0. The number of rotatable bonds is 5. The van der Waals surface area contributed by atoms with Crippen molar-refractivity contribution in [1.29, 1.82) is 0 Å². The van der Waals surface area contributed by atoms with Crippen LogP contribution in [0.1, 0.15) is 45.6 Å². The van der Waals surface area contributed by atoms with Gasteiger partial charge in [-0.1, -0.05) is 51.1 Å². The van der Waals surface area contributed by atoms with Gasteiger partial charge in [-0.3, -0.25) is 4.79 Å². The Labute approximate surface area is 126 Å². The second-order valence-electron chi connectivity index (χ2n) is 6.82. The number of hydrogen-bond acceptors (Lipinski definition) is 1. The van der Waals surface area contributed by atoms with Gasteiger partial charge in [0.25, 0.3) is 0 Å². The summed E-state index contributed by atoms with van der Waals surface area (Å²) < 4.78 is 0. The SMILES string of the molecule is CC(C)(C)C(CCCl)NC(=O)C1(c2ccccc2)CC1. The molecule has 0 heterocycles. The highest BCUT2D eigenvalue weighted by Gasteiger charge is 2.51. The van der Waals surface area contributed by atoms with E-state index < -0.39 is 0 Å². The molecular weight excluding hydrogens is 270 g/mol. The van der Waals surface area contributed by atoms with Gasteiger partial charge in [0.1, 0.15) is 0 Å². The molecule has 1 aromatic rings. The number of alkyl halides is 1. The zero-order valence-electron chi connectivity index (χ0n) is 12.6. The van der Waals surface area contributed by atoms with E-state index in [0.717, 1.165) is 24.8 Å². The monoisotopic (exact) mass is 293 g/mol. The molecule has 2 rings (SSSR count). The normalized spacial score (nSPS) is 18.4. The highest BCUT2D eigenvalue weighted by atomic mass is 35.5. The molecule has 0 aliphatic heterocycles. The molecule has 0 radical (unpaired) electrons. The van der Waals surface area contributed by atoms with Crippen LogP contribution in [0.4, 0.5) is 0 Å². The zero-order valence-corrected chi connectivity index (χ0v) is 13.3. The van der Waals surface area contributed by atoms with Crippen molar-refractivity contribution in [1.82, 2.24) is 5.32 Å². The van der Waals surface area contributed by atoms with Gasteiger partial charge in [0.2, 0.25) is 5.91 Å². The van der Waals surface area contributed by atoms with E-state index >= 15 is 0 Å². The lowest BCUT2D eigenvalue weighted by Gasteiger charge is -2.32. The van der Waals surface area contributed by atoms with Crippen molar-refractivity contribution < 1.29 is 4.79 Å². The van der Waals surface area contributed by atoms with Crippen LogP contribution in [0.5, 0.6) is 0 Å². The Morgan fingerprint density at radius 3 is 2.35 bits per heavy atom. The zero-order chi connectivity index (χ0) is 14.8. The average molecular weight is 294 g/mol. The third-order valence-electron chi connectivity index (χ3n) is 4.26. The first-order valence-corrected chi connectivity index (χ1v) is 7.86. The first-order chi connectivity index (χ1) is 9.40. The van der Waals surface area contributed by atoms with E-state index in [1.807, 2.05) is 18.2 Å². The van der Waals surface area contributed by atoms with Gasteiger partial charge in [-0.05, 0) is 30.2 Å². The minimum absolute atomic E-state index is 0.0251. The third-order valence-corrected chi connectivity index (χ3v) is 4.48. The molecule has 2 nitrogen and oxygen atoms in total. The number of benzene rings is 1. The maximum Gasteiger partial charge on any atom is 0.230 e. The van der Waals surface area contributed by atoms with Crippen LogP contribution in [0.25, 0.3) is 0 Å². The molecule has 20 heavy (non-hydrogen) atoms. The first kappa shape index (κ1) is 15.4.